The zero-order valence-electron chi connectivity index (χ0n) is 11.9. The Balaban J connectivity index is -0.000000332. The lowest BCUT2D eigenvalue weighted by atomic mass is 9.96. The third-order valence-corrected chi connectivity index (χ3v) is 1.64. The van der Waals surface area contributed by atoms with Crippen LogP contribution in [0.15, 0.2) is 0 Å². The Kier molecular flexibility index (Phi) is 12.4. The van der Waals surface area contributed by atoms with Crippen molar-refractivity contribution in [2.75, 3.05) is 0 Å². The highest BCUT2D eigenvalue weighted by molar-refractivity contribution is 7.79. The van der Waals surface area contributed by atoms with Crippen LogP contribution in [0.2, 0.25) is 0 Å². The van der Waals surface area contributed by atoms with Crippen LogP contribution in [0.4, 0.5) is 0 Å². The third kappa shape index (κ3) is 22.0. The van der Waals surface area contributed by atoms with Gasteiger partial charge in [-0.2, -0.15) is 8.42 Å². The second-order valence-electron chi connectivity index (χ2n) is 3.94. The lowest BCUT2D eigenvalue weighted by molar-refractivity contribution is -0.170. The van der Waals surface area contributed by atoms with Crippen molar-refractivity contribution in [2.45, 2.75) is 31.5 Å². The van der Waals surface area contributed by atoms with E-state index in [0.717, 1.165) is 0 Å². The molecule has 0 aliphatic rings. The Morgan fingerprint density at radius 3 is 1.21 bits per heavy atom. The predicted molar refractivity (Wildman–Crippen MR) is 70.6 cm³/mol. The number of aliphatic hydroxyl groups is 2. The summed E-state index contributed by atoms with van der Waals surface area (Å²) in [5, 5.41) is 49.6. The minimum absolute atomic E-state index is 1.14. The van der Waals surface area contributed by atoms with Gasteiger partial charge in [-0.1, -0.05) is 0 Å². The largest absolute Gasteiger partial charge is 0.481 e. The van der Waals surface area contributed by atoms with Crippen LogP contribution in [0.1, 0.15) is 19.8 Å². The summed E-state index contributed by atoms with van der Waals surface area (Å²) >= 11 is 0. The number of aliphatic hydroxyl groups excluding tert-OH is 1. The number of hydrogen-bond acceptors (Lipinski definition) is 8. The second-order valence-corrected chi connectivity index (χ2v) is 4.84. The van der Waals surface area contributed by atoms with Crippen molar-refractivity contribution in [2.24, 2.45) is 0 Å². The van der Waals surface area contributed by atoms with Crippen molar-refractivity contribution >= 4 is 34.3 Å². The lowest BCUT2D eigenvalue weighted by Gasteiger charge is -2.18. The van der Waals surface area contributed by atoms with Gasteiger partial charge in [0.05, 0.1) is 12.8 Å². The first-order valence-electron chi connectivity index (χ1n) is 5.42. The maximum absolute atomic E-state index is 10.3. The van der Waals surface area contributed by atoms with Crippen molar-refractivity contribution in [3.8, 4) is 0 Å². The average molecular weight is 380 g/mol. The number of carbonyl (C=O) groups is 4. The molecule has 0 aliphatic carbocycles. The number of rotatable bonds is 6. The molecule has 142 valence electrons. The molecule has 24 heavy (non-hydrogen) atoms. The average Bonchev–Trinajstić information content (AvgIpc) is 2.24. The van der Waals surface area contributed by atoms with Crippen LogP contribution in [-0.2, 0) is 29.6 Å². The van der Waals surface area contributed by atoms with Gasteiger partial charge < -0.3 is 30.6 Å². The van der Waals surface area contributed by atoms with E-state index < -0.39 is 58.8 Å². The number of hydrogen-bond donors (Lipinski definition) is 8. The number of carboxylic acid groups (broad SMARTS) is 4. The van der Waals surface area contributed by atoms with Gasteiger partial charge in [0, 0.05) is 0 Å². The molecule has 8 N–H and O–H groups in total. The third-order valence-electron chi connectivity index (χ3n) is 1.64. The first kappa shape index (κ1) is 26.6. The van der Waals surface area contributed by atoms with Crippen molar-refractivity contribution in [1.82, 2.24) is 0 Å². The van der Waals surface area contributed by atoms with Gasteiger partial charge in [-0.3, -0.25) is 18.7 Å². The standard InChI is InChI=1S/C6H8O7.C3H6O3.H2O4S/c7-3(8)1-6(13,5(11)12)2-4(9)10;1-2(4)3(5)6;1-5(2,3)4/h13H,1-2H2,(H,7,8)(H,9,10)(H,11,12);2,4H,1H3,(H,5,6);(H2,1,2,3,4). The maximum atomic E-state index is 10.3. The molecule has 0 fully saturated rings. The molecule has 0 amide bonds. The minimum Gasteiger partial charge on any atom is -0.481 e. The molecular formula is C9H16O14S. The topological polar surface area (TPSA) is 264 Å². The van der Waals surface area contributed by atoms with Gasteiger partial charge in [-0.15, -0.1) is 0 Å². The molecule has 0 saturated carbocycles. The fourth-order valence-corrected chi connectivity index (χ4v) is 0.714. The van der Waals surface area contributed by atoms with E-state index in [0.29, 0.717) is 0 Å². The van der Waals surface area contributed by atoms with E-state index in [-0.39, 0.29) is 0 Å². The summed E-state index contributed by atoms with van der Waals surface area (Å²) in [6, 6.07) is 0. The maximum Gasteiger partial charge on any atom is 0.394 e. The van der Waals surface area contributed by atoms with Gasteiger partial charge >= 0.3 is 34.3 Å². The van der Waals surface area contributed by atoms with Gasteiger partial charge in [0.15, 0.2) is 5.60 Å². The fraction of sp³-hybridized carbons (Fsp3) is 0.556. The van der Waals surface area contributed by atoms with E-state index in [1.165, 1.54) is 6.92 Å². The molecule has 0 aromatic rings. The van der Waals surface area contributed by atoms with Crippen LogP contribution in [-0.4, -0.2) is 83.7 Å². The van der Waals surface area contributed by atoms with Crippen molar-refractivity contribution in [3.63, 3.8) is 0 Å². The molecule has 14 nitrogen and oxygen atoms in total. The van der Waals surface area contributed by atoms with Gasteiger partial charge in [0.25, 0.3) is 0 Å². The van der Waals surface area contributed by atoms with Crippen LogP contribution in [0, 0.1) is 0 Å². The van der Waals surface area contributed by atoms with Gasteiger partial charge in [0.1, 0.15) is 6.10 Å². The quantitative estimate of drug-likeness (QED) is 0.222. The summed E-state index contributed by atoms with van der Waals surface area (Å²) in [4.78, 5) is 39.9. The molecule has 1 unspecified atom stereocenters. The van der Waals surface area contributed by atoms with Crippen molar-refractivity contribution in [1.29, 1.82) is 0 Å². The highest BCUT2D eigenvalue weighted by atomic mass is 32.3. The van der Waals surface area contributed by atoms with E-state index in [1.807, 2.05) is 0 Å². The van der Waals surface area contributed by atoms with Gasteiger partial charge in [-0.05, 0) is 6.92 Å². The molecule has 0 aliphatic heterocycles. The summed E-state index contributed by atoms with van der Waals surface area (Å²) in [5.74, 6) is -6.20. The van der Waals surface area contributed by atoms with E-state index in [9.17, 15) is 19.2 Å². The van der Waals surface area contributed by atoms with E-state index >= 15 is 0 Å². The Hall–Kier alpha value is -2.33. The Labute approximate surface area is 134 Å². The Bertz CT molecular complexity index is 523. The summed E-state index contributed by atoms with van der Waals surface area (Å²) < 4.78 is 31.6. The summed E-state index contributed by atoms with van der Waals surface area (Å²) in [7, 11) is -4.67. The van der Waals surface area contributed by atoms with Crippen LogP contribution < -0.4 is 0 Å². The van der Waals surface area contributed by atoms with E-state index in [2.05, 4.69) is 0 Å². The Morgan fingerprint density at radius 1 is 0.917 bits per heavy atom. The summed E-state index contributed by atoms with van der Waals surface area (Å²) in [5.41, 5.74) is -2.74. The monoisotopic (exact) mass is 380 g/mol. The minimum atomic E-state index is -4.67. The molecule has 15 heteroatoms. The molecule has 1 atom stereocenters. The molecular weight excluding hydrogens is 364 g/mol. The number of aliphatic carboxylic acids is 4. The molecule has 0 spiro atoms. The molecule has 0 heterocycles. The predicted octanol–water partition coefficient (Wildman–Crippen LogP) is -2.45. The second kappa shape index (κ2) is 11.2. The van der Waals surface area contributed by atoms with Crippen molar-refractivity contribution < 1.29 is 67.3 Å². The molecule has 0 aromatic heterocycles. The van der Waals surface area contributed by atoms with Crippen LogP contribution in [0.3, 0.4) is 0 Å². The zero-order valence-corrected chi connectivity index (χ0v) is 12.7. The zero-order chi connectivity index (χ0) is 20.3. The lowest BCUT2D eigenvalue weighted by Crippen LogP contribution is -2.42. The first-order valence-corrected chi connectivity index (χ1v) is 6.82. The van der Waals surface area contributed by atoms with E-state index in [4.69, 9.17) is 48.2 Å². The van der Waals surface area contributed by atoms with Gasteiger partial charge in [0.2, 0.25) is 0 Å². The SMILES string of the molecule is CC(O)C(=O)O.O=C(O)CC(O)(CC(=O)O)C(=O)O.O=S(=O)(O)O. The highest BCUT2D eigenvalue weighted by Gasteiger charge is 2.40. The normalized spacial score (nSPS) is 11.7. The van der Waals surface area contributed by atoms with Crippen LogP contribution >= 0.6 is 0 Å². The Morgan fingerprint density at radius 2 is 1.12 bits per heavy atom. The molecule has 0 bridgehead atoms. The molecule has 0 rings (SSSR count). The molecule has 0 aromatic carbocycles. The molecule has 0 saturated heterocycles. The molecule has 0 radical (unpaired) electrons. The smallest absolute Gasteiger partial charge is 0.394 e. The highest BCUT2D eigenvalue weighted by Crippen LogP contribution is 2.15. The van der Waals surface area contributed by atoms with Crippen LogP contribution in [0.5, 0.6) is 0 Å². The number of carboxylic acids is 4. The van der Waals surface area contributed by atoms with Crippen LogP contribution in [0.25, 0.3) is 0 Å². The summed E-state index contributed by atoms with van der Waals surface area (Å²) in [6.07, 6.45) is -3.52. The van der Waals surface area contributed by atoms with Gasteiger partial charge in [-0.25, -0.2) is 9.59 Å². The summed E-state index contributed by atoms with van der Waals surface area (Å²) in [6.45, 7) is 1.20. The fourth-order valence-electron chi connectivity index (χ4n) is 0.714. The van der Waals surface area contributed by atoms with E-state index in [1.54, 1.807) is 0 Å². The first-order chi connectivity index (χ1) is 10.4. The van der Waals surface area contributed by atoms with Crippen molar-refractivity contribution in [3.05, 3.63) is 0 Å².